The topological polar surface area (TPSA) is 56.7 Å². The van der Waals surface area contributed by atoms with Gasteiger partial charge in [-0.1, -0.05) is 13.8 Å². The van der Waals surface area contributed by atoms with Crippen molar-refractivity contribution in [2.75, 3.05) is 5.73 Å². The highest BCUT2D eigenvalue weighted by Crippen LogP contribution is 2.27. The van der Waals surface area contributed by atoms with Gasteiger partial charge >= 0.3 is 0 Å². The van der Waals surface area contributed by atoms with Crippen LogP contribution >= 0.6 is 15.9 Å². The molecule has 0 aliphatic carbocycles. The Morgan fingerprint density at radius 1 is 1.33 bits per heavy atom. The second-order valence-electron chi connectivity index (χ2n) is 4.19. The van der Waals surface area contributed by atoms with Crippen molar-refractivity contribution in [2.24, 2.45) is 0 Å². The zero-order valence-electron chi connectivity index (χ0n) is 10.9. The molecule has 0 radical (unpaired) electrons. The lowest BCUT2D eigenvalue weighted by molar-refractivity contribution is 0.767. The summed E-state index contributed by atoms with van der Waals surface area (Å²) in [6, 6.07) is 1.97. The second kappa shape index (κ2) is 5.10. The van der Waals surface area contributed by atoms with E-state index in [4.69, 9.17) is 5.73 Å². The molecule has 0 unspecified atom stereocenters. The van der Waals surface area contributed by atoms with Crippen LogP contribution in [0, 0.1) is 6.92 Å². The molecule has 2 aromatic heterocycles. The van der Waals surface area contributed by atoms with Crippen molar-refractivity contribution in [3.63, 3.8) is 0 Å². The Kier molecular flexibility index (Phi) is 3.71. The average Bonchev–Trinajstić information content (AvgIpc) is 2.69. The zero-order valence-corrected chi connectivity index (χ0v) is 12.5. The molecule has 0 aliphatic rings. The predicted octanol–water partition coefficient (Wildman–Crippen LogP) is 3.05. The van der Waals surface area contributed by atoms with Crippen molar-refractivity contribution in [3.05, 3.63) is 33.7 Å². The molecule has 96 valence electrons. The number of pyridine rings is 1. The lowest BCUT2D eigenvalue weighted by Gasteiger charge is -2.08. The van der Waals surface area contributed by atoms with Gasteiger partial charge in [0.15, 0.2) is 5.82 Å². The van der Waals surface area contributed by atoms with E-state index in [1.165, 1.54) is 0 Å². The molecule has 0 aliphatic heterocycles. The quantitative estimate of drug-likeness (QED) is 0.948. The van der Waals surface area contributed by atoms with Crippen molar-refractivity contribution in [1.29, 1.82) is 0 Å². The average molecular weight is 309 g/mol. The summed E-state index contributed by atoms with van der Waals surface area (Å²) >= 11 is 3.57. The fraction of sp³-hybridized carbons (Fsp3) is 0.385. The number of nitrogen functional groups attached to an aromatic ring is 1. The van der Waals surface area contributed by atoms with Crippen molar-refractivity contribution in [3.8, 4) is 5.82 Å². The summed E-state index contributed by atoms with van der Waals surface area (Å²) < 4.78 is 2.82. The summed E-state index contributed by atoms with van der Waals surface area (Å²) in [5.74, 6) is 0.804. The van der Waals surface area contributed by atoms with Crippen LogP contribution in [-0.2, 0) is 12.8 Å². The van der Waals surface area contributed by atoms with Crippen LogP contribution < -0.4 is 5.73 Å². The summed E-state index contributed by atoms with van der Waals surface area (Å²) in [5.41, 5.74) is 10.00. The van der Waals surface area contributed by atoms with E-state index in [0.29, 0.717) is 0 Å². The van der Waals surface area contributed by atoms with Gasteiger partial charge in [0.2, 0.25) is 0 Å². The maximum atomic E-state index is 6.12. The smallest absolute Gasteiger partial charge is 0.168 e. The first-order chi connectivity index (χ1) is 8.60. The van der Waals surface area contributed by atoms with E-state index in [2.05, 4.69) is 39.9 Å². The first-order valence-corrected chi connectivity index (χ1v) is 6.87. The predicted molar refractivity (Wildman–Crippen MR) is 77.0 cm³/mol. The van der Waals surface area contributed by atoms with Gasteiger partial charge in [-0.2, -0.15) is 5.10 Å². The van der Waals surface area contributed by atoms with Gasteiger partial charge in [0.05, 0.1) is 21.5 Å². The maximum absolute atomic E-state index is 6.12. The van der Waals surface area contributed by atoms with Crippen molar-refractivity contribution in [2.45, 2.75) is 33.6 Å². The van der Waals surface area contributed by atoms with Gasteiger partial charge in [-0.25, -0.2) is 9.67 Å². The van der Waals surface area contributed by atoms with Gasteiger partial charge in [-0.15, -0.1) is 0 Å². The summed E-state index contributed by atoms with van der Waals surface area (Å²) in [7, 11) is 0. The lowest BCUT2D eigenvalue weighted by Crippen LogP contribution is -2.06. The van der Waals surface area contributed by atoms with Gasteiger partial charge in [0, 0.05) is 6.20 Å². The summed E-state index contributed by atoms with van der Waals surface area (Å²) in [5, 5.41) is 4.57. The molecule has 0 atom stereocenters. The van der Waals surface area contributed by atoms with Crippen LogP contribution in [0.15, 0.2) is 16.7 Å². The Morgan fingerprint density at radius 3 is 2.67 bits per heavy atom. The highest BCUT2D eigenvalue weighted by atomic mass is 79.9. The summed E-state index contributed by atoms with van der Waals surface area (Å²) in [6.45, 7) is 6.17. The Balaban J connectivity index is 2.67. The molecule has 0 aromatic carbocycles. The summed E-state index contributed by atoms with van der Waals surface area (Å²) in [6.07, 6.45) is 3.45. The van der Waals surface area contributed by atoms with Crippen LogP contribution in [0.25, 0.3) is 5.82 Å². The Morgan fingerprint density at radius 2 is 2.06 bits per heavy atom. The summed E-state index contributed by atoms with van der Waals surface area (Å²) in [4.78, 5) is 4.40. The van der Waals surface area contributed by atoms with Crippen LogP contribution in [0.2, 0.25) is 0 Å². The molecule has 18 heavy (non-hydrogen) atoms. The molecule has 0 amide bonds. The number of rotatable bonds is 3. The van der Waals surface area contributed by atoms with Gasteiger partial charge < -0.3 is 5.73 Å². The zero-order chi connectivity index (χ0) is 13.3. The molecule has 2 heterocycles. The molecule has 2 aromatic rings. The molecule has 0 fully saturated rings. The third-order valence-electron chi connectivity index (χ3n) is 3.03. The van der Waals surface area contributed by atoms with E-state index >= 15 is 0 Å². The number of nitrogens with zero attached hydrogens (tertiary/aromatic N) is 3. The van der Waals surface area contributed by atoms with E-state index < -0.39 is 0 Å². The van der Waals surface area contributed by atoms with E-state index in [1.807, 2.05) is 17.7 Å². The van der Waals surface area contributed by atoms with Crippen LogP contribution in [0.1, 0.15) is 30.8 Å². The van der Waals surface area contributed by atoms with Crippen molar-refractivity contribution in [1.82, 2.24) is 14.8 Å². The number of hydrogen-bond donors (Lipinski definition) is 1. The number of nitrogens with two attached hydrogens (primary N) is 1. The molecule has 2 rings (SSSR count). The highest BCUT2D eigenvalue weighted by Gasteiger charge is 2.17. The SMILES string of the molecule is CCc1nn(-c2nccc(C)c2Br)c(CC)c1N. The van der Waals surface area contributed by atoms with E-state index in [0.717, 1.165) is 45.8 Å². The van der Waals surface area contributed by atoms with E-state index in [-0.39, 0.29) is 0 Å². The Labute approximate surface area is 115 Å². The van der Waals surface area contributed by atoms with Crippen LogP contribution in [-0.4, -0.2) is 14.8 Å². The first-order valence-electron chi connectivity index (χ1n) is 6.07. The molecular weight excluding hydrogens is 292 g/mol. The molecule has 0 bridgehead atoms. The van der Waals surface area contributed by atoms with Gasteiger partial charge in [-0.05, 0) is 47.3 Å². The fourth-order valence-corrected chi connectivity index (χ4v) is 2.37. The first kappa shape index (κ1) is 13.1. The number of anilines is 1. The number of halogens is 1. The number of aromatic nitrogens is 3. The minimum absolute atomic E-state index is 0.787. The standard InChI is InChI=1S/C13H17BrN4/c1-4-9-12(15)10(5-2)18(17-9)13-11(14)8(3)6-7-16-13/h6-7H,4-5,15H2,1-3H3. The van der Waals surface area contributed by atoms with Gasteiger partial charge in [0.1, 0.15) is 0 Å². The molecule has 0 spiro atoms. The van der Waals surface area contributed by atoms with Crippen LogP contribution in [0.3, 0.4) is 0 Å². The fourth-order valence-electron chi connectivity index (χ4n) is 1.97. The third-order valence-corrected chi connectivity index (χ3v) is 4.01. The third kappa shape index (κ3) is 2.03. The molecule has 2 N–H and O–H groups in total. The minimum atomic E-state index is 0.787. The van der Waals surface area contributed by atoms with Crippen LogP contribution in [0.4, 0.5) is 5.69 Å². The number of aryl methyl sites for hydroxylation is 2. The van der Waals surface area contributed by atoms with Crippen molar-refractivity contribution >= 4 is 21.6 Å². The lowest BCUT2D eigenvalue weighted by atomic mass is 10.2. The van der Waals surface area contributed by atoms with E-state index in [1.54, 1.807) is 6.20 Å². The van der Waals surface area contributed by atoms with Crippen LogP contribution in [0.5, 0.6) is 0 Å². The Hall–Kier alpha value is -1.36. The Bertz CT molecular complexity index is 575. The molecule has 4 nitrogen and oxygen atoms in total. The van der Waals surface area contributed by atoms with E-state index in [9.17, 15) is 0 Å². The minimum Gasteiger partial charge on any atom is -0.396 e. The molecule has 0 saturated carbocycles. The molecule has 5 heteroatoms. The molecule has 0 saturated heterocycles. The molecular formula is C13H17BrN4. The highest BCUT2D eigenvalue weighted by molar-refractivity contribution is 9.10. The normalized spacial score (nSPS) is 10.9. The largest absolute Gasteiger partial charge is 0.396 e. The van der Waals surface area contributed by atoms with Crippen molar-refractivity contribution < 1.29 is 0 Å². The maximum Gasteiger partial charge on any atom is 0.168 e. The monoisotopic (exact) mass is 308 g/mol. The second-order valence-corrected chi connectivity index (χ2v) is 4.98. The van der Waals surface area contributed by atoms with Gasteiger partial charge in [-0.3, -0.25) is 0 Å². The van der Waals surface area contributed by atoms with Gasteiger partial charge in [0.25, 0.3) is 0 Å². The number of hydrogen-bond acceptors (Lipinski definition) is 3.